The highest BCUT2D eigenvalue weighted by molar-refractivity contribution is 5.84. The van der Waals surface area contributed by atoms with Crippen molar-refractivity contribution in [1.29, 1.82) is 0 Å². The Hall–Kier alpha value is -1.43. The predicted octanol–water partition coefficient (Wildman–Crippen LogP) is 0.818. The quantitative estimate of drug-likeness (QED) is 0.833. The Labute approximate surface area is 106 Å². The van der Waals surface area contributed by atoms with Gasteiger partial charge in [0.25, 0.3) is 5.91 Å². The summed E-state index contributed by atoms with van der Waals surface area (Å²) in [4.78, 5) is 17.2. The van der Waals surface area contributed by atoms with Crippen LogP contribution in [0.15, 0.2) is 30.3 Å². The smallest absolute Gasteiger partial charge is 0.268 e. The number of hydrogen-bond donors (Lipinski definition) is 2. The monoisotopic (exact) mass is 250 g/mol. The van der Waals surface area contributed by atoms with Gasteiger partial charge in [0, 0.05) is 0 Å². The molecule has 1 fully saturated rings. The molecular formula is C13H18N2O3. The van der Waals surface area contributed by atoms with Gasteiger partial charge in [-0.25, -0.2) is 5.06 Å². The topological polar surface area (TPSA) is 61.8 Å². The van der Waals surface area contributed by atoms with Crippen LogP contribution in [-0.4, -0.2) is 34.9 Å². The fourth-order valence-electron chi connectivity index (χ4n) is 2.28. The lowest BCUT2D eigenvalue weighted by Crippen LogP contribution is -2.47. The summed E-state index contributed by atoms with van der Waals surface area (Å²) in [6.07, 6.45) is -0.891. The summed E-state index contributed by atoms with van der Waals surface area (Å²) in [5, 5.41) is 14.6. The van der Waals surface area contributed by atoms with Gasteiger partial charge in [-0.05, 0) is 19.4 Å². The second-order valence-corrected chi connectivity index (χ2v) is 4.85. The lowest BCUT2D eigenvalue weighted by atomic mass is 10.0. The van der Waals surface area contributed by atoms with E-state index in [1.165, 1.54) is 12.2 Å². The molecule has 1 saturated heterocycles. The molecule has 5 nitrogen and oxygen atoms in total. The first kappa shape index (κ1) is 13.0. The van der Waals surface area contributed by atoms with Crippen LogP contribution < -0.4 is 5.32 Å². The standard InChI is InChI=1S/C13H18N2O3/c1-13(2)14-10(12(17)15(13)18-3)11(16)9-7-5-4-6-8-9/h4-8,10-11,14,16H,1-3H3. The van der Waals surface area contributed by atoms with Crippen LogP contribution in [0.2, 0.25) is 0 Å². The van der Waals surface area contributed by atoms with Gasteiger partial charge < -0.3 is 5.11 Å². The van der Waals surface area contributed by atoms with E-state index in [-0.39, 0.29) is 5.91 Å². The number of amides is 1. The molecule has 1 heterocycles. The van der Waals surface area contributed by atoms with E-state index < -0.39 is 17.8 Å². The number of nitrogens with one attached hydrogen (secondary N) is 1. The Kier molecular flexibility index (Phi) is 3.38. The summed E-state index contributed by atoms with van der Waals surface area (Å²) in [7, 11) is 1.44. The lowest BCUT2D eigenvalue weighted by molar-refractivity contribution is -0.192. The summed E-state index contributed by atoms with van der Waals surface area (Å²) in [5.41, 5.74) is 0.0730. The first-order chi connectivity index (χ1) is 8.47. The number of aliphatic hydroxyl groups excluding tert-OH is 1. The summed E-state index contributed by atoms with van der Waals surface area (Å²) in [6, 6.07) is 8.42. The highest BCUT2D eigenvalue weighted by atomic mass is 16.7. The first-order valence-electron chi connectivity index (χ1n) is 5.86. The van der Waals surface area contributed by atoms with Crippen molar-refractivity contribution in [3.63, 3.8) is 0 Å². The summed E-state index contributed by atoms with van der Waals surface area (Å²) < 4.78 is 0. The van der Waals surface area contributed by atoms with Crippen LogP contribution in [0.25, 0.3) is 0 Å². The minimum absolute atomic E-state index is 0.265. The van der Waals surface area contributed by atoms with Gasteiger partial charge in [0.15, 0.2) is 0 Å². The lowest BCUT2D eigenvalue weighted by Gasteiger charge is -2.28. The molecular weight excluding hydrogens is 232 g/mol. The number of rotatable bonds is 3. The largest absolute Gasteiger partial charge is 0.386 e. The fraction of sp³-hybridized carbons (Fsp3) is 0.462. The minimum atomic E-state index is -0.891. The third-order valence-corrected chi connectivity index (χ3v) is 3.12. The van der Waals surface area contributed by atoms with Crippen LogP contribution in [0.5, 0.6) is 0 Å². The molecule has 2 atom stereocenters. The first-order valence-corrected chi connectivity index (χ1v) is 5.86. The van der Waals surface area contributed by atoms with E-state index in [0.717, 1.165) is 0 Å². The highest BCUT2D eigenvalue weighted by Crippen LogP contribution is 2.28. The van der Waals surface area contributed by atoms with Crippen LogP contribution in [0.3, 0.4) is 0 Å². The average Bonchev–Trinajstić information content (AvgIpc) is 2.59. The maximum absolute atomic E-state index is 12.1. The van der Waals surface area contributed by atoms with Crippen molar-refractivity contribution >= 4 is 5.91 Å². The molecule has 0 radical (unpaired) electrons. The molecule has 5 heteroatoms. The Morgan fingerprint density at radius 2 is 2.00 bits per heavy atom. The minimum Gasteiger partial charge on any atom is -0.386 e. The van der Waals surface area contributed by atoms with Crippen LogP contribution in [-0.2, 0) is 9.63 Å². The maximum Gasteiger partial charge on any atom is 0.268 e. The maximum atomic E-state index is 12.1. The number of benzene rings is 1. The Bertz CT molecular complexity index is 433. The predicted molar refractivity (Wildman–Crippen MR) is 66.3 cm³/mol. The Balaban J connectivity index is 2.23. The average molecular weight is 250 g/mol. The number of carbonyl (C=O) groups is 1. The number of hydroxylamine groups is 2. The van der Waals surface area contributed by atoms with Crippen molar-refractivity contribution in [1.82, 2.24) is 10.4 Å². The molecule has 18 heavy (non-hydrogen) atoms. The number of hydrogen-bond acceptors (Lipinski definition) is 4. The normalized spacial score (nSPS) is 24.3. The van der Waals surface area contributed by atoms with Crippen molar-refractivity contribution in [3.8, 4) is 0 Å². The summed E-state index contributed by atoms with van der Waals surface area (Å²) in [6.45, 7) is 3.65. The molecule has 0 aliphatic carbocycles. The van der Waals surface area contributed by atoms with E-state index in [1.807, 2.05) is 32.0 Å². The molecule has 0 bridgehead atoms. The van der Waals surface area contributed by atoms with Gasteiger partial charge in [-0.3, -0.25) is 14.9 Å². The SMILES string of the molecule is CON1C(=O)C(C(O)c2ccccc2)NC1(C)C. The summed E-state index contributed by atoms with van der Waals surface area (Å²) in [5.74, 6) is -0.265. The molecule has 1 aliphatic rings. The summed E-state index contributed by atoms with van der Waals surface area (Å²) >= 11 is 0. The van der Waals surface area contributed by atoms with E-state index >= 15 is 0 Å². The van der Waals surface area contributed by atoms with Crippen molar-refractivity contribution in [2.24, 2.45) is 0 Å². The van der Waals surface area contributed by atoms with Gasteiger partial charge in [-0.15, -0.1) is 0 Å². The van der Waals surface area contributed by atoms with Gasteiger partial charge in [0.2, 0.25) is 0 Å². The number of aliphatic hydroxyl groups is 1. The number of nitrogens with zero attached hydrogens (tertiary/aromatic N) is 1. The molecule has 2 unspecified atom stereocenters. The molecule has 2 rings (SSSR count). The zero-order chi connectivity index (χ0) is 13.3. The van der Waals surface area contributed by atoms with Crippen LogP contribution in [0.1, 0.15) is 25.5 Å². The Morgan fingerprint density at radius 1 is 1.39 bits per heavy atom. The zero-order valence-electron chi connectivity index (χ0n) is 10.8. The van der Waals surface area contributed by atoms with Crippen LogP contribution >= 0.6 is 0 Å². The molecule has 1 aromatic rings. The van der Waals surface area contributed by atoms with Gasteiger partial charge in [0.1, 0.15) is 17.8 Å². The van der Waals surface area contributed by atoms with Gasteiger partial charge in [-0.1, -0.05) is 30.3 Å². The molecule has 2 N–H and O–H groups in total. The second kappa shape index (κ2) is 4.68. The van der Waals surface area contributed by atoms with Crippen LogP contribution in [0, 0.1) is 0 Å². The van der Waals surface area contributed by atoms with Gasteiger partial charge >= 0.3 is 0 Å². The van der Waals surface area contributed by atoms with Crippen molar-refractivity contribution in [2.75, 3.05) is 7.11 Å². The van der Waals surface area contributed by atoms with E-state index in [9.17, 15) is 9.90 Å². The van der Waals surface area contributed by atoms with Crippen LogP contribution in [0.4, 0.5) is 0 Å². The molecule has 1 aliphatic heterocycles. The zero-order valence-corrected chi connectivity index (χ0v) is 10.8. The van der Waals surface area contributed by atoms with Crippen molar-refractivity contribution < 1.29 is 14.7 Å². The molecule has 0 saturated carbocycles. The van der Waals surface area contributed by atoms with E-state index in [1.54, 1.807) is 12.1 Å². The third-order valence-electron chi connectivity index (χ3n) is 3.12. The van der Waals surface area contributed by atoms with E-state index in [0.29, 0.717) is 5.56 Å². The van der Waals surface area contributed by atoms with E-state index in [2.05, 4.69) is 5.32 Å². The molecule has 0 spiro atoms. The molecule has 1 aromatic carbocycles. The fourth-order valence-corrected chi connectivity index (χ4v) is 2.28. The van der Waals surface area contributed by atoms with Crippen molar-refractivity contribution in [2.45, 2.75) is 31.7 Å². The second-order valence-electron chi connectivity index (χ2n) is 4.85. The van der Waals surface area contributed by atoms with Gasteiger partial charge in [0.05, 0.1) is 7.11 Å². The molecule has 1 amide bonds. The highest BCUT2D eigenvalue weighted by Gasteiger charge is 2.48. The third kappa shape index (κ3) is 2.12. The Morgan fingerprint density at radius 3 is 2.50 bits per heavy atom. The molecule has 0 aromatic heterocycles. The van der Waals surface area contributed by atoms with Gasteiger partial charge in [-0.2, -0.15) is 0 Å². The van der Waals surface area contributed by atoms with E-state index in [4.69, 9.17) is 4.84 Å². The van der Waals surface area contributed by atoms with Crippen molar-refractivity contribution in [3.05, 3.63) is 35.9 Å². The molecule has 98 valence electrons. The number of carbonyl (C=O) groups excluding carboxylic acids is 1.